The molecule has 1 atom stereocenters. The number of carbonyl (C=O) groups excluding carboxylic acids is 2. The first-order chi connectivity index (χ1) is 15.6. The van der Waals surface area contributed by atoms with E-state index in [9.17, 15) is 14.0 Å². The molecule has 7 heteroatoms. The Labute approximate surface area is 194 Å². The number of amides is 2. The summed E-state index contributed by atoms with van der Waals surface area (Å²) in [6.45, 7) is 9.04. The van der Waals surface area contributed by atoms with Crippen molar-refractivity contribution in [1.29, 1.82) is 0 Å². The highest BCUT2D eigenvalue weighted by molar-refractivity contribution is 5.89. The number of carbonyl (C=O) groups is 2. The minimum atomic E-state index is -0.528. The summed E-state index contributed by atoms with van der Waals surface area (Å²) in [7, 11) is 0. The third kappa shape index (κ3) is 6.32. The van der Waals surface area contributed by atoms with Crippen LogP contribution < -0.4 is 5.32 Å². The molecule has 2 aromatic rings. The van der Waals surface area contributed by atoms with Gasteiger partial charge in [0.15, 0.2) is 0 Å². The highest BCUT2D eigenvalue weighted by Gasteiger charge is 2.28. The fraction of sp³-hybridized carbons (Fsp3) is 0.462. The fourth-order valence-corrected chi connectivity index (χ4v) is 4.43. The Kier molecular flexibility index (Phi) is 6.70. The van der Waals surface area contributed by atoms with Gasteiger partial charge in [0.2, 0.25) is 5.91 Å². The molecule has 2 heterocycles. The quantitative estimate of drug-likeness (QED) is 0.704. The molecule has 0 bridgehead atoms. The van der Waals surface area contributed by atoms with Crippen LogP contribution in [0.3, 0.4) is 0 Å². The lowest BCUT2D eigenvalue weighted by Crippen LogP contribution is -2.36. The Morgan fingerprint density at radius 1 is 1.15 bits per heavy atom. The number of benzene rings is 2. The molecule has 1 N–H and O–H groups in total. The molecule has 4 rings (SSSR count). The zero-order chi connectivity index (χ0) is 23.6. The van der Waals surface area contributed by atoms with Crippen LogP contribution in [0.1, 0.15) is 39.2 Å². The zero-order valence-corrected chi connectivity index (χ0v) is 19.6. The number of likely N-dealkylation sites (tertiary alicyclic amines) is 2. The van der Waals surface area contributed by atoms with Crippen LogP contribution in [0.15, 0.2) is 48.0 Å². The van der Waals surface area contributed by atoms with E-state index in [4.69, 9.17) is 4.74 Å². The van der Waals surface area contributed by atoms with Crippen LogP contribution in [0.5, 0.6) is 0 Å². The van der Waals surface area contributed by atoms with Gasteiger partial charge in [0.25, 0.3) is 0 Å². The fourth-order valence-electron chi connectivity index (χ4n) is 4.43. The summed E-state index contributed by atoms with van der Waals surface area (Å²) < 4.78 is 18.8. The second kappa shape index (κ2) is 9.51. The number of hydrogen-bond donors (Lipinski definition) is 1. The first kappa shape index (κ1) is 23.2. The Hall–Kier alpha value is -2.93. The Morgan fingerprint density at radius 3 is 2.70 bits per heavy atom. The molecule has 0 radical (unpaired) electrons. The summed E-state index contributed by atoms with van der Waals surface area (Å²) in [5.74, 6) is -0.325. The minimum Gasteiger partial charge on any atom is -0.444 e. The predicted octanol–water partition coefficient (Wildman–Crippen LogP) is 4.24. The molecule has 2 saturated heterocycles. The van der Waals surface area contributed by atoms with Gasteiger partial charge in [-0.3, -0.25) is 9.69 Å². The van der Waals surface area contributed by atoms with Crippen LogP contribution >= 0.6 is 0 Å². The maximum atomic E-state index is 13.4. The number of fused-ring (bicyclic) bond motifs is 1. The van der Waals surface area contributed by atoms with E-state index in [0.717, 1.165) is 42.4 Å². The number of nitrogens with one attached hydrogen (secondary N) is 1. The van der Waals surface area contributed by atoms with Crippen molar-refractivity contribution >= 4 is 22.8 Å². The third-order valence-electron chi connectivity index (χ3n) is 5.98. The minimum absolute atomic E-state index is 0.101. The van der Waals surface area contributed by atoms with Crippen molar-refractivity contribution in [2.45, 2.75) is 51.8 Å². The predicted molar refractivity (Wildman–Crippen MR) is 126 cm³/mol. The second-order valence-electron chi connectivity index (χ2n) is 10.0. The van der Waals surface area contributed by atoms with E-state index in [1.54, 1.807) is 17.0 Å². The van der Waals surface area contributed by atoms with E-state index in [-0.39, 0.29) is 23.9 Å². The summed E-state index contributed by atoms with van der Waals surface area (Å²) in [4.78, 5) is 28.7. The Morgan fingerprint density at radius 2 is 1.91 bits per heavy atom. The number of rotatable bonds is 4. The Bertz CT molecular complexity index is 1080. The van der Waals surface area contributed by atoms with Crippen LogP contribution in [0, 0.1) is 5.82 Å². The van der Waals surface area contributed by atoms with E-state index in [2.05, 4.69) is 16.3 Å². The topological polar surface area (TPSA) is 61.9 Å². The molecule has 2 aliphatic heterocycles. The van der Waals surface area contributed by atoms with Crippen LogP contribution in [0.2, 0.25) is 0 Å². The van der Waals surface area contributed by atoms with E-state index < -0.39 is 5.60 Å². The lowest BCUT2D eigenvalue weighted by molar-refractivity contribution is -0.117. The van der Waals surface area contributed by atoms with Gasteiger partial charge in [-0.2, -0.15) is 0 Å². The lowest BCUT2D eigenvalue weighted by atomic mass is 10.1. The molecular formula is C26H32FN3O3. The van der Waals surface area contributed by atoms with Crippen molar-refractivity contribution in [3.05, 3.63) is 59.4 Å². The smallest absolute Gasteiger partial charge is 0.410 e. The molecule has 176 valence electrons. The molecule has 2 aromatic carbocycles. The number of ether oxygens (including phenoxy) is 1. The van der Waals surface area contributed by atoms with Gasteiger partial charge in [-0.15, -0.1) is 0 Å². The summed E-state index contributed by atoms with van der Waals surface area (Å²) in [5.41, 5.74) is 1.59. The molecule has 33 heavy (non-hydrogen) atoms. The molecular weight excluding hydrogens is 421 g/mol. The van der Waals surface area contributed by atoms with Crippen LogP contribution in [-0.4, -0.2) is 59.6 Å². The summed E-state index contributed by atoms with van der Waals surface area (Å²) in [6.07, 6.45) is 2.89. The van der Waals surface area contributed by atoms with Crippen molar-refractivity contribution in [3.8, 4) is 0 Å². The number of hydrogen-bond acceptors (Lipinski definition) is 4. The highest BCUT2D eigenvalue weighted by Crippen LogP contribution is 2.21. The van der Waals surface area contributed by atoms with Gasteiger partial charge in [-0.25, -0.2) is 9.18 Å². The van der Waals surface area contributed by atoms with E-state index in [0.29, 0.717) is 19.5 Å². The largest absolute Gasteiger partial charge is 0.444 e. The summed E-state index contributed by atoms with van der Waals surface area (Å²) >= 11 is 0. The van der Waals surface area contributed by atoms with Gasteiger partial charge in [-0.1, -0.05) is 18.2 Å². The second-order valence-corrected chi connectivity index (χ2v) is 10.0. The van der Waals surface area contributed by atoms with Crippen molar-refractivity contribution in [2.75, 3.05) is 26.2 Å². The molecule has 0 saturated carbocycles. The van der Waals surface area contributed by atoms with Gasteiger partial charge in [0.05, 0.1) is 0 Å². The van der Waals surface area contributed by atoms with Gasteiger partial charge in [-0.05, 0) is 73.7 Å². The van der Waals surface area contributed by atoms with E-state index >= 15 is 0 Å². The maximum absolute atomic E-state index is 13.4. The van der Waals surface area contributed by atoms with Crippen molar-refractivity contribution < 1.29 is 18.7 Å². The standard InChI is InChI=1S/C26H32FN3O3/c1-26(2,3)33-25(32)30-11-8-19(16-30)13-24(31)28-23-9-10-29(17-23)15-18-4-5-21-14-22(27)7-6-20(21)12-18/h4-7,12-14,23H,8-11,15-17H2,1-3H3,(H,28,31)/t23-/m1/s1. The zero-order valence-electron chi connectivity index (χ0n) is 19.6. The van der Waals surface area contributed by atoms with Crippen molar-refractivity contribution in [3.63, 3.8) is 0 Å². The normalized spacial score (nSPS) is 20.5. The molecule has 2 aliphatic rings. The average molecular weight is 454 g/mol. The van der Waals surface area contributed by atoms with Gasteiger partial charge in [0, 0.05) is 44.8 Å². The molecule has 0 unspecified atom stereocenters. The molecule has 0 aliphatic carbocycles. The number of nitrogens with zero attached hydrogens (tertiary/aromatic N) is 2. The van der Waals surface area contributed by atoms with Crippen molar-refractivity contribution in [1.82, 2.24) is 15.1 Å². The van der Waals surface area contributed by atoms with Gasteiger partial charge >= 0.3 is 6.09 Å². The SMILES string of the molecule is CC(C)(C)OC(=O)N1CCC(=CC(=O)N[C@@H]2CCN(Cc3ccc4cc(F)ccc4c3)C2)C1. The van der Waals surface area contributed by atoms with Crippen LogP contribution in [0.25, 0.3) is 10.8 Å². The van der Waals surface area contributed by atoms with E-state index in [1.807, 2.05) is 39.0 Å². The molecule has 2 amide bonds. The van der Waals surface area contributed by atoms with Gasteiger partial charge in [0.1, 0.15) is 11.4 Å². The molecule has 2 fully saturated rings. The van der Waals surface area contributed by atoms with Crippen LogP contribution in [0.4, 0.5) is 9.18 Å². The highest BCUT2D eigenvalue weighted by atomic mass is 19.1. The lowest BCUT2D eigenvalue weighted by Gasteiger charge is -2.23. The third-order valence-corrected chi connectivity index (χ3v) is 5.98. The molecule has 6 nitrogen and oxygen atoms in total. The maximum Gasteiger partial charge on any atom is 0.410 e. The monoisotopic (exact) mass is 453 g/mol. The Balaban J connectivity index is 1.26. The average Bonchev–Trinajstić information content (AvgIpc) is 3.36. The van der Waals surface area contributed by atoms with Crippen molar-refractivity contribution in [2.24, 2.45) is 0 Å². The van der Waals surface area contributed by atoms with Gasteiger partial charge < -0.3 is 15.0 Å². The first-order valence-corrected chi connectivity index (χ1v) is 11.5. The molecule has 0 aromatic heterocycles. The molecule has 0 spiro atoms. The summed E-state index contributed by atoms with van der Waals surface area (Å²) in [6, 6.07) is 11.0. The first-order valence-electron chi connectivity index (χ1n) is 11.5. The van der Waals surface area contributed by atoms with Crippen LogP contribution in [-0.2, 0) is 16.1 Å². The summed E-state index contributed by atoms with van der Waals surface area (Å²) in [5, 5.41) is 5.03. The number of halogens is 1. The van der Waals surface area contributed by atoms with E-state index in [1.165, 1.54) is 11.6 Å².